The van der Waals surface area contributed by atoms with Crippen LogP contribution < -0.4 is 4.90 Å². The van der Waals surface area contributed by atoms with Gasteiger partial charge in [0.1, 0.15) is 6.61 Å². The molecule has 0 radical (unpaired) electrons. The van der Waals surface area contributed by atoms with E-state index < -0.39 is 0 Å². The molecule has 2 saturated heterocycles. The van der Waals surface area contributed by atoms with Crippen molar-refractivity contribution in [1.82, 2.24) is 15.1 Å². The van der Waals surface area contributed by atoms with Crippen molar-refractivity contribution in [2.75, 3.05) is 37.7 Å². The zero-order valence-electron chi connectivity index (χ0n) is 13.0. The van der Waals surface area contributed by atoms with Gasteiger partial charge in [-0.15, -0.1) is 11.7 Å². The second-order valence-corrected chi connectivity index (χ2v) is 6.05. The van der Waals surface area contributed by atoms with E-state index in [1.54, 1.807) is 6.08 Å². The molecule has 1 aromatic heterocycles. The lowest BCUT2D eigenvalue weighted by atomic mass is 9.89. The minimum atomic E-state index is -0.217. The van der Waals surface area contributed by atoms with E-state index in [-0.39, 0.29) is 18.1 Å². The lowest BCUT2D eigenvalue weighted by Crippen LogP contribution is -2.58. The molecule has 0 aliphatic carbocycles. The number of piperidine rings is 1. The Morgan fingerprint density at radius 1 is 1.36 bits per heavy atom. The van der Waals surface area contributed by atoms with Gasteiger partial charge in [-0.2, -0.15) is 5.10 Å². The fourth-order valence-electron chi connectivity index (χ4n) is 3.12. The molecule has 0 unspecified atom stereocenters. The molecular weight excluding hydrogens is 280 g/mol. The molecule has 2 aliphatic heterocycles. The van der Waals surface area contributed by atoms with Crippen LogP contribution >= 0.6 is 0 Å². The van der Waals surface area contributed by atoms with Gasteiger partial charge < -0.3 is 14.5 Å². The third-order valence-electron chi connectivity index (χ3n) is 4.47. The van der Waals surface area contributed by atoms with Gasteiger partial charge >= 0.3 is 0 Å². The van der Waals surface area contributed by atoms with Crippen LogP contribution in [-0.2, 0) is 9.53 Å². The standard InChI is InChI=1S/C16H22N4O2/c1-3-8-20-12-16(22-11-15(20)21)6-9-19(10-7-16)14-5-4-13(2)17-18-14/h3-5H,1,6-12H2,2H3. The molecule has 0 N–H and O–H groups in total. The highest BCUT2D eigenvalue weighted by atomic mass is 16.5. The first-order chi connectivity index (χ1) is 10.6. The summed E-state index contributed by atoms with van der Waals surface area (Å²) in [4.78, 5) is 15.9. The second-order valence-electron chi connectivity index (χ2n) is 6.05. The number of carbonyl (C=O) groups is 1. The van der Waals surface area contributed by atoms with E-state index in [0.717, 1.165) is 37.4 Å². The first-order valence-electron chi connectivity index (χ1n) is 7.70. The Morgan fingerprint density at radius 2 is 2.14 bits per heavy atom. The minimum Gasteiger partial charge on any atom is -0.363 e. The summed E-state index contributed by atoms with van der Waals surface area (Å²) in [6.07, 6.45) is 3.56. The van der Waals surface area contributed by atoms with Gasteiger partial charge in [-0.3, -0.25) is 4.79 Å². The first kappa shape index (κ1) is 15.0. The molecule has 0 saturated carbocycles. The summed E-state index contributed by atoms with van der Waals surface area (Å²) in [5, 5.41) is 8.37. The highest BCUT2D eigenvalue weighted by molar-refractivity contribution is 5.78. The number of morpholine rings is 1. The monoisotopic (exact) mass is 302 g/mol. The molecule has 1 aromatic rings. The Hall–Kier alpha value is -1.95. The van der Waals surface area contributed by atoms with E-state index in [9.17, 15) is 4.79 Å². The van der Waals surface area contributed by atoms with Crippen LogP contribution in [0.4, 0.5) is 5.82 Å². The zero-order chi connectivity index (χ0) is 15.6. The normalized spacial score (nSPS) is 21.2. The Labute approximate surface area is 130 Å². The van der Waals surface area contributed by atoms with Gasteiger partial charge in [0.25, 0.3) is 0 Å². The number of amides is 1. The quantitative estimate of drug-likeness (QED) is 0.785. The van der Waals surface area contributed by atoms with Gasteiger partial charge in [-0.05, 0) is 31.9 Å². The molecule has 2 aliphatic rings. The SMILES string of the molecule is C=CCN1CC2(CCN(c3ccc(C)nn3)CC2)OCC1=O. The molecule has 0 bridgehead atoms. The fraction of sp³-hybridized carbons (Fsp3) is 0.562. The van der Waals surface area contributed by atoms with Crippen molar-refractivity contribution in [2.24, 2.45) is 0 Å². The molecule has 3 heterocycles. The summed E-state index contributed by atoms with van der Waals surface area (Å²) in [5.74, 6) is 0.965. The maximum Gasteiger partial charge on any atom is 0.248 e. The van der Waals surface area contributed by atoms with Gasteiger partial charge in [-0.25, -0.2) is 0 Å². The molecule has 3 rings (SSSR count). The lowest BCUT2D eigenvalue weighted by molar-refractivity contribution is -0.166. The predicted molar refractivity (Wildman–Crippen MR) is 83.7 cm³/mol. The average Bonchev–Trinajstić information content (AvgIpc) is 2.53. The van der Waals surface area contributed by atoms with E-state index in [4.69, 9.17) is 4.74 Å². The van der Waals surface area contributed by atoms with Crippen molar-refractivity contribution in [3.05, 3.63) is 30.5 Å². The molecule has 0 aromatic carbocycles. The van der Waals surface area contributed by atoms with Crippen LogP contribution in [0.5, 0.6) is 0 Å². The van der Waals surface area contributed by atoms with Gasteiger partial charge in [0.2, 0.25) is 5.91 Å². The maximum atomic E-state index is 11.9. The Kier molecular flexibility index (Phi) is 4.11. The number of hydrogen-bond acceptors (Lipinski definition) is 5. The van der Waals surface area contributed by atoms with Gasteiger partial charge in [0, 0.05) is 19.6 Å². The van der Waals surface area contributed by atoms with Crippen molar-refractivity contribution in [1.29, 1.82) is 0 Å². The number of aryl methyl sites for hydroxylation is 1. The number of carbonyl (C=O) groups excluding carboxylic acids is 1. The lowest BCUT2D eigenvalue weighted by Gasteiger charge is -2.47. The van der Waals surface area contributed by atoms with E-state index in [2.05, 4.69) is 21.7 Å². The summed E-state index contributed by atoms with van der Waals surface area (Å²) in [7, 11) is 0. The molecule has 1 spiro atoms. The van der Waals surface area contributed by atoms with Crippen LogP contribution in [-0.4, -0.2) is 59.4 Å². The van der Waals surface area contributed by atoms with Crippen molar-refractivity contribution in [2.45, 2.75) is 25.4 Å². The summed E-state index contributed by atoms with van der Waals surface area (Å²) in [6.45, 7) is 8.83. The number of anilines is 1. The second kappa shape index (κ2) is 6.04. The van der Waals surface area contributed by atoms with Crippen LogP contribution in [0.2, 0.25) is 0 Å². The summed E-state index contributed by atoms with van der Waals surface area (Å²) in [5.41, 5.74) is 0.706. The summed E-state index contributed by atoms with van der Waals surface area (Å²) in [6, 6.07) is 3.99. The third kappa shape index (κ3) is 2.97. The number of ether oxygens (including phenoxy) is 1. The number of aromatic nitrogens is 2. The topological polar surface area (TPSA) is 58.6 Å². The molecule has 6 heteroatoms. The first-order valence-corrected chi connectivity index (χ1v) is 7.70. The molecule has 2 fully saturated rings. The Balaban J connectivity index is 1.64. The largest absolute Gasteiger partial charge is 0.363 e. The van der Waals surface area contributed by atoms with Gasteiger partial charge in [0.05, 0.1) is 17.8 Å². The molecule has 118 valence electrons. The molecule has 22 heavy (non-hydrogen) atoms. The number of nitrogens with zero attached hydrogens (tertiary/aromatic N) is 4. The zero-order valence-corrected chi connectivity index (χ0v) is 13.0. The smallest absolute Gasteiger partial charge is 0.248 e. The minimum absolute atomic E-state index is 0.0531. The maximum absolute atomic E-state index is 11.9. The number of rotatable bonds is 3. The third-order valence-corrected chi connectivity index (χ3v) is 4.47. The van der Waals surface area contributed by atoms with E-state index in [1.807, 2.05) is 24.0 Å². The highest BCUT2D eigenvalue weighted by Crippen LogP contribution is 2.31. The molecular formula is C16H22N4O2. The number of hydrogen-bond donors (Lipinski definition) is 0. The fourth-order valence-corrected chi connectivity index (χ4v) is 3.12. The van der Waals surface area contributed by atoms with Gasteiger partial charge in [-0.1, -0.05) is 6.08 Å². The Bertz CT molecular complexity index is 550. The van der Waals surface area contributed by atoms with Crippen molar-refractivity contribution in [3.8, 4) is 0 Å². The van der Waals surface area contributed by atoms with E-state index in [0.29, 0.717) is 13.1 Å². The van der Waals surface area contributed by atoms with E-state index >= 15 is 0 Å². The Morgan fingerprint density at radius 3 is 2.77 bits per heavy atom. The van der Waals surface area contributed by atoms with Crippen LogP contribution in [0.1, 0.15) is 18.5 Å². The molecule has 6 nitrogen and oxygen atoms in total. The summed E-state index contributed by atoms with van der Waals surface area (Å²) >= 11 is 0. The van der Waals surface area contributed by atoms with Crippen LogP contribution in [0, 0.1) is 6.92 Å². The van der Waals surface area contributed by atoms with Crippen LogP contribution in [0.3, 0.4) is 0 Å². The average molecular weight is 302 g/mol. The highest BCUT2D eigenvalue weighted by Gasteiger charge is 2.42. The van der Waals surface area contributed by atoms with Crippen molar-refractivity contribution in [3.63, 3.8) is 0 Å². The van der Waals surface area contributed by atoms with E-state index in [1.165, 1.54) is 0 Å². The molecule has 0 atom stereocenters. The van der Waals surface area contributed by atoms with Gasteiger partial charge in [0.15, 0.2) is 5.82 Å². The van der Waals surface area contributed by atoms with Crippen molar-refractivity contribution >= 4 is 11.7 Å². The van der Waals surface area contributed by atoms with Crippen molar-refractivity contribution < 1.29 is 9.53 Å². The summed E-state index contributed by atoms with van der Waals surface area (Å²) < 4.78 is 5.91. The van der Waals surface area contributed by atoms with Crippen LogP contribution in [0.25, 0.3) is 0 Å². The van der Waals surface area contributed by atoms with Crippen LogP contribution in [0.15, 0.2) is 24.8 Å². The molecule has 1 amide bonds. The predicted octanol–water partition coefficient (Wildman–Crippen LogP) is 1.17.